The fourth-order valence-corrected chi connectivity index (χ4v) is 4.49. The molecule has 0 N–H and O–H groups in total. The van der Waals surface area contributed by atoms with E-state index in [0.29, 0.717) is 12.6 Å². The summed E-state index contributed by atoms with van der Waals surface area (Å²) in [5.74, 6) is 0.758. The summed E-state index contributed by atoms with van der Waals surface area (Å²) in [6, 6.07) is 6.63. The minimum Gasteiger partial charge on any atom is -0.381 e. The molecule has 25 heavy (non-hydrogen) atoms. The number of hydrogen-bond acceptors (Lipinski definition) is 5. The fourth-order valence-electron chi connectivity index (χ4n) is 4.49. The van der Waals surface area contributed by atoms with Gasteiger partial charge < -0.3 is 14.2 Å². The summed E-state index contributed by atoms with van der Waals surface area (Å²) < 4.78 is 17.9. The van der Waals surface area contributed by atoms with Crippen LogP contribution < -0.4 is 0 Å². The van der Waals surface area contributed by atoms with Crippen LogP contribution in [0.15, 0.2) is 18.2 Å². The summed E-state index contributed by atoms with van der Waals surface area (Å²) in [5.41, 5.74) is 2.05. The van der Waals surface area contributed by atoms with Gasteiger partial charge in [-0.25, -0.2) is 0 Å². The average Bonchev–Trinajstić information content (AvgIpc) is 2.99. The first-order valence-electron chi connectivity index (χ1n) is 9.77. The van der Waals surface area contributed by atoms with E-state index in [-0.39, 0.29) is 12.2 Å². The first-order valence-corrected chi connectivity index (χ1v) is 9.77. The van der Waals surface area contributed by atoms with E-state index in [9.17, 15) is 0 Å². The van der Waals surface area contributed by atoms with E-state index in [1.807, 2.05) is 25.1 Å². The van der Waals surface area contributed by atoms with Gasteiger partial charge in [0.15, 0.2) is 0 Å². The second-order valence-electron chi connectivity index (χ2n) is 7.67. The Labute approximate surface area is 150 Å². The summed E-state index contributed by atoms with van der Waals surface area (Å²) in [6.45, 7) is 7.45. The molecule has 138 valence electrons. The molecule has 0 amide bonds. The van der Waals surface area contributed by atoms with Crippen molar-refractivity contribution in [2.75, 3.05) is 32.9 Å². The lowest BCUT2D eigenvalue weighted by atomic mass is 9.97. The SMILES string of the molecule is Cc1cccc(CO[C@H]2CN(CC3CCOCC3)[C@@H]3CCCO[C@H]23)n1. The Hall–Kier alpha value is -1.01. The van der Waals surface area contributed by atoms with E-state index in [1.54, 1.807) is 0 Å². The summed E-state index contributed by atoms with van der Waals surface area (Å²) in [7, 11) is 0. The van der Waals surface area contributed by atoms with Gasteiger partial charge in [-0.1, -0.05) is 6.07 Å². The molecule has 0 radical (unpaired) electrons. The van der Waals surface area contributed by atoms with Crippen LogP contribution in [0.4, 0.5) is 0 Å². The summed E-state index contributed by atoms with van der Waals surface area (Å²) >= 11 is 0. The first-order chi connectivity index (χ1) is 12.3. The van der Waals surface area contributed by atoms with Gasteiger partial charge >= 0.3 is 0 Å². The maximum atomic E-state index is 6.28. The number of likely N-dealkylation sites (tertiary alicyclic amines) is 1. The van der Waals surface area contributed by atoms with Gasteiger partial charge in [0.1, 0.15) is 6.10 Å². The van der Waals surface area contributed by atoms with Crippen molar-refractivity contribution in [2.24, 2.45) is 5.92 Å². The molecule has 3 atom stereocenters. The van der Waals surface area contributed by atoms with Crippen LogP contribution in [-0.2, 0) is 20.8 Å². The molecule has 0 bridgehead atoms. The predicted octanol–water partition coefficient (Wildman–Crippen LogP) is 2.57. The highest BCUT2D eigenvalue weighted by molar-refractivity contribution is 5.09. The van der Waals surface area contributed by atoms with Crippen molar-refractivity contribution in [1.29, 1.82) is 0 Å². The van der Waals surface area contributed by atoms with E-state index in [4.69, 9.17) is 14.2 Å². The Morgan fingerprint density at radius 3 is 2.92 bits per heavy atom. The normalized spacial score (nSPS) is 31.2. The third-order valence-corrected chi connectivity index (χ3v) is 5.81. The van der Waals surface area contributed by atoms with Crippen LogP contribution >= 0.6 is 0 Å². The lowest BCUT2D eigenvalue weighted by molar-refractivity contribution is -0.0827. The summed E-state index contributed by atoms with van der Waals surface area (Å²) in [4.78, 5) is 7.19. The molecule has 0 unspecified atom stereocenters. The Morgan fingerprint density at radius 2 is 2.08 bits per heavy atom. The maximum Gasteiger partial charge on any atom is 0.100 e. The molecule has 0 saturated carbocycles. The molecule has 4 rings (SSSR count). The Bertz CT molecular complexity index is 562. The highest BCUT2D eigenvalue weighted by Gasteiger charge is 2.45. The second-order valence-corrected chi connectivity index (χ2v) is 7.67. The van der Waals surface area contributed by atoms with E-state index >= 15 is 0 Å². The van der Waals surface area contributed by atoms with Crippen LogP contribution in [0.5, 0.6) is 0 Å². The molecular weight excluding hydrogens is 316 g/mol. The van der Waals surface area contributed by atoms with Crippen molar-refractivity contribution in [1.82, 2.24) is 9.88 Å². The Kier molecular flexibility index (Phi) is 5.66. The summed E-state index contributed by atoms with van der Waals surface area (Å²) in [6.07, 6.45) is 5.15. The van der Waals surface area contributed by atoms with Gasteiger partial charge in [0, 0.05) is 44.6 Å². The Morgan fingerprint density at radius 1 is 1.20 bits per heavy atom. The van der Waals surface area contributed by atoms with Gasteiger partial charge in [0.25, 0.3) is 0 Å². The van der Waals surface area contributed by atoms with Crippen LogP contribution in [-0.4, -0.2) is 61.0 Å². The minimum absolute atomic E-state index is 0.160. The topological polar surface area (TPSA) is 43.8 Å². The predicted molar refractivity (Wildman–Crippen MR) is 95.4 cm³/mol. The van der Waals surface area contributed by atoms with Gasteiger partial charge in [-0.2, -0.15) is 0 Å². The third kappa shape index (κ3) is 4.22. The van der Waals surface area contributed by atoms with Crippen LogP contribution in [0.25, 0.3) is 0 Å². The van der Waals surface area contributed by atoms with Gasteiger partial charge in [0.05, 0.1) is 18.4 Å². The number of fused-ring (bicyclic) bond motifs is 1. The highest BCUT2D eigenvalue weighted by Crippen LogP contribution is 2.32. The fraction of sp³-hybridized carbons (Fsp3) is 0.750. The van der Waals surface area contributed by atoms with Crippen molar-refractivity contribution < 1.29 is 14.2 Å². The number of hydrogen-bond donors (Lipinski definition) is 0. The third-order valence-electron chi connectivity index (χ3n) is 5.81. The molecule has 0 spiro atoms. The van der Waals surface area contributed by atoms with E-state index in [1.165, 1.54) is 19.3 Å². The summed E-state index contributed by atoms with van der Waals surface area (Å²) in [5, 5.41) is 0. The molecule has 5 nitrogen and oxygen atoms in total. The number of aromatic nitrogens is 1. The largest absolute Gasteiger partial charge is 0.381 e. The molecule has 3 saturated heterocycles. The highest BCUT2D eigenvalue weighted by atomic mass is 16.5. The van der Waals surface area contributed by atoms with Crippen LogP contribution in [0, 0.1) is 12.8 Å². The van der Waals surface area contributed by atoms with Crippen molar-refractivity contribution >= 4 is 0 Å². The molecule has 0 aliphatic carbocycles. The zero-order chi connectivity index (χ0) is 17.1. The lowest BCUT2D eigenvalue weighted by Gasteiger charge is -2.34. The number of rotatable bonds is 5. The van der Waals surface area contributed by atoms with Crippen molar-refractivity contribution in [3.05, 3.63) is 29.6 Å². The molecular formula is C20H30N2O3. The first kappa shape index (κ1) is 17.4. The van der Waals surface area contributed by atoms with Crippen LogP contribution in [0.3, 0.4) is 0 Å². The minimum atomic E-state index is 0.160. The van der Waals surface area contributed by atoms with E-state index in [0.717, 1.165) is 56.6 Å². The number of ether oxygens (including phenoxy) is 3. The van der Waals surface area contributed by atoms with Crippen molar-refractivity contribution in [3.8, 4) is 0 Å². The van der Waals surface area contributed by atoms with Gasteiger partial charge in [0.2, 0.25) is 0 Å². The van der Waals surface area contributed by atoms with Gasteiger partial charge in [-0.15, -0.1) is 0 Å². The van der Waals surface area contributed by atoms with Crippen molar-refractivity contribution in [2.45, 2.75) is 57.5 Å². The molecule has 3 fully saturated rings. The lowest BCUT2D eigenvalue weighted by Crippen LogP contribution is -2.43. The van der Waals surface area contributed by atoms with E-state index in [2.05, 4.69) is 9.88 Å². The number of pyridine rings is 1. The molecule has 4 heterocycles. The number of nitrogens with zero attached hydrogens (tertiary/aromatic N) is 2. The quantitative estimate of drug-likeness (QED) is 0.820. The van der Waals surface area contributed by atoms with Crippen molar-refractivity contribution in [3.63, 3.8) is 0 Å². The zero-order valence-corrected chi connectivity index (χ0v) is 15.2. The molecule has 3 aliphatic heterocycles. The van der Waals surface area contributed by atoms with Crippen LogP contribution in [0.1, 0.15) is 37.1 Å². The maximum absolute atomic E-state index is 6.28. The van der Waals surface area contributed by atoms with Gasteiger partial charge in [-0.3, -0.25) is 9.88 Å². The monoisotopic (exact) mass is 346 g/mol. The zero-order valence-electron chi connectivity index (χ0n) is 15.2. The number of aryl methyl sites for hydroxylation is 1. The van der Waals surface area contributed by atoms with Crippen LogP contribution in [0.2, 0.25) is 0 Å². The smallest absolute Gasteiger partial charge is 0.100 e. The Balaban J connectivity index is 1.37. The molecule has 1 aromatic heterocycles. The standard InChI is InChI=1S/C20H30N2O3/c1-15-4-2-5-17(21-15)14-25-19-13-22(12-16-7-10-23-11-8-16)18-6-3-9-24-20(18)19/h2,4-5,16,18-20H,3,6-14H2,1H3/t18-,19+,20+/m1/s1. The second kappa shape index (κ2) is 8.12. The molecule has 3 aliphatic rings. The molecule has 0 aromatic carbocycles. The average molecular weight is 346 g/mol. The molecule has 5 heteroatoms. The molecule has 1 aromatic rings. The van der Waals surface area contributed by atoms with Gasteiger partial charge in [-0.05, 0) is 50.7 Å². The van der Waals surface area contributed by atoms with E-state index < -0.39 is 0 Å².